The average Bonchev–Trinajstić information content (AvgIpc) is 3.02. The lowest BCUT2D eigenvalue weighted by Gasteiger charge is -2.15. The van der Waals surface area contributed by atoms with Crippen LogP contribution in [-0.2, 0) is 27.8 Å². The Morgan fingerprint density at radius 1 is 1.28 bits per heavy atom. The maximum Gasteiger partial charge on any atom is 0.472 e. The Bertz CT molecular complexity index is 562. The van der Waals surface area contributed by atoms with Crippen molar-refractivity contribution in [2.24, 2.45) is 0 Å². The second-order valence-corrected chi connectivity index (χ2v) is 7.13. The lowest BCUT2D eigenvalue weighted by molar-refractivity contribution is -0.0751. The fourth-order valence-electron chi connectivity index (χ4n) is 2.19. The van der Waals surface area contributed by atoms with Crippen LogP contribution >= 0.6 is 7.82 Å². The first-order valence-electron chi connectivity index (χ1n) is 8.04. The first-order valence-corrected chi connectivity index (χ1v) is 9.53. The first kappa shape index (κ1) is 20.3. The Balaban J connectivity index is 1.64. The van der Waals surface area contributed by atoms with Crippen molar-refractivity contribution in [3.8, 4) is 5.75 Å². The van der Waals surface area contributed by atoms with E-state index in [2.05, 4.69) is 0 Å². The first-order chi connectivity index (χ1) is 11.9. The van der Waals surface area contributed by atoms with Gasteiger partial charge in [0, 0.05) is 5.56 Å². The molecule has 0 spiro atoms. The fourth-order valence-corrected chi connectivity index (χ4v) is 3.09. The highest BCUT2D eigenvalue weighted by Gasteiger charge is 2.27. The van der Waals surface area contributed by atoms with Crippen LogP contribution in [0.25, 0.3) is 0 Å². The molecule has 1 N–H and O–H groups in total. The van der Waals surface area contributed by atoms with E-state index >= 15 is 0 Å². The number of benzene rings is 1. The van der Waals surface area contributed by atoms with Crippen molar-refractivity contribution in [1.82, 2.24) is 0 Å². The summed E-state index contributed by atoms with van der Waals surface area (Å²) >= 11 is 0. The molecule has 1 fully saturated rings. The van der Waals surface area contributed by atoms with Crippen LogP contribution in [0.4, 0.5) is 0 Å². The number of methoxy groups -OCH3 is 1. The normalized spacial score (nSPS) is 22.9. The molecule has 1 aliphatic heterocycles. The minimum atomic E-state index is -4.02. The predicted octanol–water partition coefficient (Wildman–Crippen LogP) is 2.67. The summed E-state index contributed by atoms with van der Waals surface area (Å²) in [6.07, 6.45) is -1.04. The monoisotopic (exact) mass is 376 g/mol. The molecule has 1 heterocycles. The highest BCUT2D eigenvalue weighted by molar-refractivity contribution is 7.47. The van der Waals surface area contributed by atoms with E-state index in [4.69, 9.17) is 28.0 Å². The molecule has 0 radical (unpaired) electrons. The molecule has 25 heavy (non-hydrogen) atoms. The zero-order chi connectivity index (χ0) is 18.3. The van der Waals surface area contributed by atoms with Gasteiger partial charge in [-0.3, -0.25) is 9.05 Å². The van der Waals surface area contributed by atoms with Crippen LogP contribution in [0.2, 0.25) is 0 Å². The molecule has 1 aromatic carbocycles. The van der Waals surface area contributed by atoms with Crippen LogP contribution in [0.3, 0.4) is 0 Å². The number of hydrogen-bond donors (Lipinski definition) is 1. The molecule has 0 bridgehead atoms. The van der Waals surface area contributed by atoms with E-state index < -0.39 is 20.2 Å². The van der Waals surface area contributed by atoms with E-state index in [1.165, 1.54) is 0 Å². The molecular formula is C16H25O8P. The number of ether oxygens (including phenoxy) is 4. The van der Waals surface area contributed by atoms with Crippen molar-refractivity contribution in [3.63, 3.8) is 0 Å². The zero-order valence-corrected chi connectivity index (χ0v) is 15.5. The van der Waals surface area contributed by atoms with Crippen molar-refractivity contribution in [3.05, 3.63) is 29.8 Å². The van der Waals surface area contributed by atoms with E-state index in [9.17, 15) is 9.46 Å². The molecule has 142 valence electrons. The Labute approximate surface area is 147 Å². The van der Waals surface area contributed by atoms with E-state index in [0.717, 1.165) is 11.3 Å². The van der Waals surface area contributed by atoms with E-state index in [0.29, 0.717) is 13.2 Å². The molecule has 0 saturated carbocycles. The summed E-state index contributed by atoms with van der Waals surface area (Å²) < 4.78 is 42.9. The molecule has 3 atom stereocenters. The molecule has 1 aliphatic rings. The molecule has 1 saturated heterocycles. The number of hydrogen-bond acceptors (Lipinski definition) is 7. The Hall–Kier alpha value is -0.990. The molecule has 1 aromatic rings. The maximum absolute atomic E-state index is 11.5. The van der Waals surface area contributed by atoms with Crippen LogP contribution in [0.1, 0.15) is 25.7 Å². The third-order valence-corrected chi connectivity index (χ3v) is 4.46. The quantitative estimate of drug-likeness (QED) is 0.492. The summed E-state index contributed by atoms with van der Waals surface area (Å²) in [7, 11) is -2.41. The van der Waals surface area contributed by atoms with Crippen LogP contribution in [0.15, 0.2) is 24.3 Å². The second kappa shape index (κ2) is 9.64. The summed E-state index contributed by atoms with van der Waals surface area (Å²) in [6.45, 7) is 4.12. The summed E-state index contributed by atoms with van der Waals surface area (Å²) in [5, 5.41) is 0. The summed E-state index contributed by atoms with van der Waals surface area (Å²) in [5.41, 5.74) is 0.902. The van der Waals surface area contributed by atoms with Gasteiger partial charge >= 0.3 is 7.82 Å². The minimum Gasteiger partial charge on any atom is -0.497 e. The molecule has 2 rings (SSSR count). The Morgan fingerprint density at radius 3 is 2.64 bits per heavy atom. The van der Waals surface area contributed by atoms with Crippen molar-refractivity contribution < 1.29 is 37.5 Å². The maximum atomic E-state index is 11.5. The summed E-state index contributed by atoms with van der Waals surface area (Å²) in [5.74, 6) is 0.768. The van der Waals surface area contributed by atoms with E-state index in [1.807, 2.05) is 24.3 Å². The van der Waals surface area contributed by atoms with Crippen molar-refractivity contribution in [2.75, 3.05) is 33.5 Å². The Morgan fingerprint density at radius 2 is 2.00 bits per heavy atom. The summed E-state index contributed by atoms with van der Waals surface area (Å²) in [6, 6.07) is 7.45. The smallest absolute Gasteiger partial charge is 0.472 e. The standard InChI is InChI=1S/C16H25O8P/c1-12(2)24-25(17,18)22-9-8-20-10-15-11-21-16(23-15)13-4-6-14(19-3)7-5-13/h4-7,12,15-16H,8-11H2,1-3H3,(H,17,18). The fraction of sp³-hybridized carbons (Fsp3) is 0.625. The van der Waals surface area contributed by atoms with Gasteiger partial charge in [-0.1, -0.05) is 12.1 Å². The largest absolute Gasteiger partial charge is 0.497 e. The van der Waals surface area contributed by atoms with E-state index in [1.54, 1.807) is 21.0 Å². The Kier molecular flexibility index (Phi) is 7.83. The highest BCUT2D eigenvalue weighted by Crippen LogP contribution is 2.44. The van der Waals surface area contributed by atoms with Gasteiger partial charge in [0.1, 0.15) is 11.9 Å². The van der Waals surface area contributed by atoms with Crippen LogP contribution in [0.5, 0.6) is 5.75 Å². The van der Waals surface area contributed by atoms with Crippen molar-refractivity contribution >= 4 is 7.82 Å². The number of phosphoric acid groups is 1. The van der Waals surface area contributed by atoms with Gasteiger partial charge in [-0.05, 0) is 26.0 Å². The molecule has 3 unspecified atom stereocenters. The molecule has 0 aromatic heterocycles. The molecule has 9 heteroatoms. The zero-order valence-electron chi connectivity index (χ0n) is 14.6. The van der Waals surface area contributed by atoms with Crippen LogP contribution in [0, 0.1) is 0 Å². The third kappa shape index (κ3) is 7.03. The van der Waals surface area contributed by atoms with Gasteiger partial charge in [0.15, 0.2) is 6.29 Å². The van der Waals surface area contributed by atoms with Gasteiger partial charge in [0.25, 0.3) is 0 Å². The van der Waals surface area contributed by atoms with Gasteiger partial charge in [-0.15, -0.1) is 0 Å². The van der Waals surface area contributed by atoms with Crippen molar-refractivity contribution in [2.45, 2.75) is 32.3 Å². The molecular weight excluding hydrogens is 351 g/mol. The lowest BCUT2D eigenvalue weighted by atomic mass is 10.2. The molecule has 0 amide bonds. The van der Waals surface area contributed by atoms with Gasteiger partial charge in [0.2, 0.25) is 0 Å². The number of rotatable bonds is 10. The number of phosphoric ester groups is 1. The molecule has 8 nitrogen and oxygen atoms in total. The van der Waals surface area contributed by atoms with Gasteiger partial charge < -0.3 is 23.8 Å². The van der Waals surface area contributed by atoms with Gasteiger partial charge in [-0.2, -0.15) is 0 Å². The molecule has 0 aliphatic carbocycles. The van der Waals surface area contributed by atoms with Crippen molar-refractivity contribution in [1.29, 1.82) is 0 Å². The lowest BCUT2D eigenvalue weighted by Crippen LogP contribution is -2.19. The van der Waals surface area contributed by atoms with Gasteiger partial charge in [-0.25, -0.2) is 4.57 Å². The second-order valence-electron chi connectivity index (χ2n) is 5.73. The third-order valence-electron chi connectivity index (χ3n) is 3.27. The van der Waals surface area contributed by atoms with Crippen LogP contribution in [-0.4, -0.2) is 50.6 Å². The highest BCUT2D eigenvalue weighted by atomic mass is 31.2. The SMILES string of the molecule is COc1ccc(C2OCC(COCCOP(=O)(O)OC(C)C)O2)cc1. The summed E-state index contributed by atoms with van der Waals surface area (Å²) in [4.78, 5) is 9.40. The van der Waals surface area contributed by atoms with Gasteiger partial charge in [0.05, 0.1) is 39.6 Å². The topological polar surface area (TPSA) is 92.7 Å². The minimum absolute atomic E-state index is 0.0457. The van der Waals surface area contributed by atoms with Crippen LogP contribution < -0.4 is 4.74 Å². The predicted molar refractivity (Wildman–Crippen MR) is 89.4 cm³/mol. The average molecular weight is 376 g/mol. The van der Waals surface area contributed by atoms with E-state index in [-0.39, 0.29) is 19.3 Å².